The zero-order valence-electron chi connectivity index (χ0n) is 17.6. The van der Waals surface area contributed by atoms with Crippen molar-refractivity contribution in [3.8, 4) is 11.5 Å². The Morgan fingerprint density at radius 3 is 2.41 bits per heavy atom. The summed E-state index contributed by atoms with van der Waals surface area (Å²) in [6.45, 7) is 4.12. The second-order valence-corrected chi connectivity index (χ2v) is 7.62. The van der Waals surface area contributed by atoms with Crippen LogP contribution >= 0.6 is 11.6 Å². The predicted octanol–water partition coefficient (Wildman–Crippen LogP) is 6.82. The van der Waals surface area contributed by atoms with Crippen LogP contribution in [0.4, 0.5) is 18.9 Å². The first kappa shape index (κ1) is 23.5. The summed E-state index contributed by atoms with van der Waals surface area (Å²) in [4.78, 5) is 12.7. The standard InChI is InChI=1S/C24H21ClF3NO3/c1-14-4-7-19(10-15(14)2)32-13-17-11-16(5-9-22(17)31-3)23(30)29-21-12-18(24(26,27)28)6-8-20(21)25/h4-12H,13H2,1-3H3,(H,29,30). The largest absolute Gasteiger partial charge is 0.496 e. The van der Waals surface area contributed by atoms with Crippen molar-refractivity contribution >= 4 is 23.2 Å². The number of alkyl halides is 3. The molecule has 0 aliphatic carbocycles. The van der Waals surface area contributed by atoms with Gasteiger partial charge in [0.05, 0.1) is 23.4 Å². The van der Waals surface area contributed by atoms with Crippen molar-refractivity contribution in [1.29, 1.82) is 0 Å². The monoisotopic (exact) mass is 463 g/mol. The van der Waals surface area contributed by atoms with Gasteiger partial charge in [0.25, 0.3) is 5.91 Å². The number of amides is 1. The summed E-state index contributed by atoms with van der Waals surface area (Å²) in [5, 5.41) is 2.44. The maximum atomic E-state index is 13.0. The van der Waals surface area contributed by atoms with Crippen molar-refractivity contribution in [2.45, 2.75) is 26.6 Å². The number of carbonyl (C=O) groups excluding carboxylic acids is 1. The quantitative estimate of drug-likeness (QED) is 0.436. The highest BCUT2D eigenvalue weighted by atomic mass is 35.5. The number of ether oxygens (including phenoxy) is 2. The molecule has 168 valence electrons. The molecule has 0 atom stereocenters. The van der Waals surface area contributed by atoms with E-state index in [0.29, 0.717) is 17.1 Å². The summed E-state index contributed by atoms with van der Waals surface area (Å²) in [6, 6.07) is 13.1. The maximum Gasteiger partial charge on any atom is 0.416 e. The predicted molar refractivity (Wildman–Crippen MR) is 118 cm³/mol. The van der Waals surface area contributed by atoms with Crippen molar-refractivity contribution in [3.63, 3.8) is 0 Å². The second-order valence-electron chi connectivity index (χ2n) is 7.21. The Morgan fingerprint density at radius 1 is 1.00 bits per heavy atom. The first-order chi connectivity index (χ1) is 15.1. The number of hydrogen-bond acceptors (Lipinski definition) is 3. The van der Waals surface area contributed by atoms with Gasteiger partial charge in [0, 0.05) is 11.1 Å². The van der Waals surface area contributed by atoms with Gasteiger partial charge < -0.3 is 14.8 Å². The highest BCUT2D eigenvalue weighted by Crippen LogP contribution is 2.34. The van der Waals surface area contributed by atoms with Crippen molar-refractivity contribution in [2.24, 2.45) is 0 Å². The Balaban J connectivity index is 1.81. The molecule has 0 saturated heterocycles. The lowest BCUT2D eigenvalue weighted by molar-refractivity contribution is -0.137. The molecular formula is C24H21ClF3NO3. The third kappa shape index (κ3) is 5.53. The van der Waals surface area contributed by atoms with Crippen molar-refractivity contribution in [3.05, 3.63) is 87.4 Å². The molecule has 0 spiro atoms. The van der Waals surface area contributed by atoms with Gasteiger partial charge in [0.1, 0.15) is 18.1 Å². The van der Waals surface area contributed by atoms with Gasteiger partial charge in [-0.25, -0.2) is 0 Å². The lowest BCUT2D eigenvalue weighted by atomic mass is 10.1. The number of carbonyl (C=O) groups is 1. The van der Waals surface area contributed by atoms with Crippen LogP contribution in [-0.4, -0.2) is 13.0 Å². The topological polar surface area (TPSA) is 47.6 Å². The Labute approximate surface area is 188 Å². The van der Waals surface area contributed by atoms with Crippen LogP contribution in [0.15, 0.2) is 54.6 Å². The van der Waals surface area contributed by atoms with Crippen molar-refractivity contribution < 1.29 is 27.4 Å². The summed E-state index contributed by atoms with van der Waals surface area (Å²) in [7, 11) is 1.50. The van der Waals surface area contributed by atoms with Crippen LogP contribution in [0.2, 0.25) is 5.02 Å². The Hall–Kier alpha value is -3.19. The molecule has 0 aromatic heterocycles. The zero-order chi connectivity index (χ0) is 23.5. The fourth-order valence-corrected chi connectivity index (χ4v) is 3.15. The van der Waals surface area contributed by atoms with Gasteiger partial charge in [-0.1, -0.05) is 17.7 Å². The number of aryl methyl sites for hydroxylation is 2. The number of hydrogen-bond donors (Lipinski definition) is 1. The van der Waals surface area contributed by atoms with E-state index < -0.39 is 17.6 Å². The molecule has 3 aromatic carbocycles. The molecule has 3 rings (SSSR count). The Kier molecular flexibility index (Phi) is 6.99. The van der Waals surface area contributed by atoms with Crippen LogP contribution in [-0.2, 0) is 12.8 Å². The van der Waals surface area contributed by atoms with Gasteiger partial charge in [-0.2, -0.15) is 13.2 Å². The third-order valence-electron chi connectivity index (χ3n) is 4.96. The van der Waals surface area contributed by atoms with Crippen LogP contribution < -0.4 is 14.8 Å². The molecule has 1 amide bonds. The van der Waals surface area contributed by atoms with E-state index in [4.69, 9.17) is 21.1 Å². The van der Waals surface area contributed by atoms with Gasteiger partial charge in [-0.15, -0.1) is 0 Å². The molecule has 0 aliphatic rings. The molecule has 0 unspecified atom stereocenters. The molecule has 0 radical (unpaired) electrons. The minimum absolute atomic E-state index is 0.00170. The van der Waals surface area contributed by atoms with Crippen LogP contribution in [0.25, 0.3) is 0 Å². The van der Waals surface area contributed by atoms with Gasteiger partial charge in [0.15, 0.2) is 0 Å². The van der Waals surface area contributed by atoms with Crippen molar-refractivity contribution in [2.75, 3.05) is 12.4 Å². The SMILES string of the molecule is COc1ccc(C(=O)Nc2cc(C(F)(F)F)ccc2Cl)cc1COc1ccc(C)c(C)c1. The number of methoxy groups -OCH3 is 1. The Morgan fingerprint density at radius 2 is 1.75 bits per heavy atom. The van der Waals surface area contributed by atoms with Crippen LogP contribution in [0.1, 0.15) is 32.6 Å². The maximum absolute atomic E-state index is 13.0. The molecule has 3 aromatic rings. The number of anilines is 1. The van der Waals surface area contributed by atoms with E-state index in [1.807, 2.05) is 32.0 Å². The number of rotatable bonds is 6. The van der Waals surface area contributed by atoms with Crippen molar-refractivity contribution in [1.82, 2.24) is 0 Å². The van der Waals surface area contributed by atoms with E-state index in [1.54, 1.807) is 12.1 Å². The summed E-state index contributed by atoms with van der Waals surface area (Å²) in [5.41, 5.74) is 2.01. The summed E-state index contributed by atoms with van der Waals surface area (Å²) < 4.78 is 50.1. The smallest absolute Gasteiger partial charge is 0.416 e. The molecule has 0 saturated carbocycles. The molecule has 32 heavy (non-hydrogen) atoms. The van der Waals surface area contributed by atoms with E-state index in [9.17, 15) is 18.0 Å². The normalized spacial score (nSPS) is 11.2. The molecule has 0 fully saturated rings. The van der Waals surface area contributed by atoms with E-state index in [-0.39, 0.29) is 22.9 Å². The molecule has 0 bridgehead atoms. The van der Waals surface area contributed by atoms with Crippen LogP contribution in [0, 0.1) is 13.8 Å². The number of benzene rings is 3. The minimum Gasteiger partial charge on any atom is -0.496 e. The first-order valence-electron chi connectivity index (χ1n) is 9.63. The molecule has 8 heteroatoms. The number of halogens is 4. The van der Waals surface area contributed by atoms with E-state index in [1.165, 1.54) is 13.2 Å². The van der Waals surface area contributed by atoms with Gasteiger partial charge in [-0.3, -0.25) is 4.79 Å². The lowest BCUT2D eigenvalue weighted by Gasteiger charge is -2.14. The molecular weight excluding hydrogens is 443 g/mol. The third-order valence-corrected chi connectivity index (χ3v) is 5.29. The molecule has 0 aliphatic heterocycles. The zero-order valence-corrected chi connectivity index (χ0v) is 18.4. The second kappa shape index (κ2) is 9.53. The Bertz CT molecular complexity index is 1150. The van der Waals surface area contributed by atoms with Crippen LogP contribution in [0.5, 0.6) is 11.5 Å². The molecule has 1 N–H and O–H groups in total. The van der Waals surface area contributed by atoms with E-state index in [2.05, 4.69) is 5.32 Å². The van der Waals surface area contributed by atoms with Gasteiger partial charge in [-0.05, 0) is 73.5 Å². The summed E-state index contributed by atoms with van der Waals surface area (Å²) in [6.07, 6.45) is -4.55. The molecule has 4 nitrogen and oxygen atoms in total. The minimum atomic E-state index is -4.55. The molecule has 0 heterocycles. The van der Waals surface area contributed by atoms with E-state index in [0.717, 1.165) is 29.3 Å². The van der Waals surface area contributed by atoms with Gasteiger partial charge >= 0.3 is 6.18 Å². The van der Waals surface area contributed by atoms with Gasteiger partial charge in [0.2, 0.25) is 0 Å². The fraction of sp³-hybridized carbons (Fsp3) is 0.208. The highest BCUT2D eigenvalue weighted by molar-refractivity contribution is 6.34. The van der Waals surface area contributed by atoms with Crippen LogP contribution in [0.3, 0.4) is 0 Å². The average Bonchev–Trinajstić information content (AvgIpc) is 2.75. The summed E-state index contributed by atoms with van der Waals surface area (Å²) >= 11 is 5.98. The average molecular weight is 464 g/mol. The number of nitrogens with one attached hydrogen (secondary N) is 1. The fourth-order valence-electron chi connectivity index (χ4n) is 2.99. The first-order valence-corrected chi connectivity index (χ1v) is 10.0. The summed E-state index contributed by atoms with van der Waals surface area (Å²) in [5.74, 6) is 0.574. The highest BCUT2D eigenvalue weighted by Gasteiger charge is 2.31. The van der Waals surface area contributed by atoms with E-state index >= 15 is 0 Å². The lowest BCUT2D eigenvalue weighted by Crippen LogP contribution is -2.14.